The summed E-state index contributed by atoms with van der Waals surface area (Å²) in [6.07, 6.45) is -0.0904. The van der Waals surface area contributed by atoms with E-state index in [0.29, 0.717) is 6.54 Å². The SMILES string of the molecule is CCOC(=O)N1N2CCc3ccccc3C2CS1(=O)=O. The number of hydrazine groups is 1. The summed E-state index contributed by atoms with van der Waals surface area (Å²) in [6.45, 7) is 2.31. The molecule has 3 rings (SSSR count). The van der Waals surface area contributed by atoms with Gasteiger partial charge in [-0.2, -0.15) is 5.01 Å². The predicted molar refractivity (Wildman–Crippen MR) is 72.2 cm³/mol. The van der Waals surface area contributed by atoms with Gasteiger partial charge in [0.05, 0.1) is 18.4 Å². The molecule has 1 amide bonds. The van der Waals surface area contributed by atoms with Crippen molar-refractivity contribution in [3.8, 4) is 0 Å². The Morgan fingerprint density at radius 1 is 1.40 bits per heavy atom. The van der Waals surface area contributed by atoms with Gasteiger partial charge in [-0.05, 0) is 24.5 Å². The van der Waals surface area contributed by atoms with Crippen LogP contribution in [-0.2, 0) is 21.2 Å². The maximum absolute atomic E-state index is 12.2. The van der Waals surface area contributed by atoms with E-state index in [2.05, 4.69) is 0 Å². The van der Waals surface area contributed by atoms with Crippen molar-refractivity contribution in [3.05, 3.63) is 35.4 Å². The minimum atomic E-state index is -3.65. The Morgan fingerprint density at radius 3 is 2.90 bits per heavy atom. The van der Waals surface area contributed by atoms with Gasteiger partial charge in [0.1, 0.15) is 0 Å². The molecule has 0 radical (unpaired) electrons. The molecule has 2 aliphatic rings. The van der Waals surface area contributed by atoms with Crippen molar-refractivity contribution in [3.63, 3.8) is 0 Å². The summed E-state index contributed by atoms with van der Waals surface area (Å²) >= 11 is 0. The average Bonchev–Trinajstić information content (AvgIpc) is 2.69. The van der Waals surface area contributed by atoms with Crippen LogP contribution in [0.2, 0.25) is 0 Å². The van der Waals surface area contributed by atoms with Gasteiger partial charge in [-0.3, -0.25) is 0 Å². The second-order valence-electron chi connectivity index (χ2n) is 4.85. The predicted octanol–water partition coefficient (Wildman–Crippen LogP) is 1.30. The quantitative estimate of drug-likeness (QED) is 0.781. The first-order valence-corrected chi connectivity index (χ1v) is 8.19. The van der Waals surface area contributed by atoms with Crippen molar-refractivity contribution in [2.24, 2.45) is 0 Å². The highest BCUT2D eigenvalue weighted by Gasteiger charge is 2.49. The Bertz CT molecular complexity index is 644. The van der Waals surface area contributed by atoms with Crippen molar-refractivity contribution in [2.75, 3.05) is 18.9 Å². The van der Waals surface area contributed by atoms with E-state index in [1.54, 1.807) is 11.9 Å². The fourth-order valence-electron chi connectivity index (χ4n) is 2.86. The second-order valence-corrected chi connectivity index (χ2v) is 6.69. The van der Waals surface area contributed by atoms with Crippen molar-refractivity contribution in [1.29, 1.82) is 0 Å². The van der Waals surface area contributed by atoms with Crippen molar-refractivity contribution < 1.29 is 17.9 Å². The first-order valence-electron chi connectivity index (χ1n) is 6.58. The molecule has 20 heavy (non-hydrogen) atoms. The number of fused-ring (bicyclic) bond motifs is 3. The van der Waals surface area contributed by atoms with Crippen LogP contribution in [0.5, 0.6) is 0 Å². The molecular weight excluding hydrogens is 280 g/mol. The van der Waals surface area contributed by atoms with E-state index >= 15 is 0 Å². The molecule has 1 unspecified atom stereocenters. The minimum Gasteiger partial charge on any atom is -0.448 e. The van der Waals surface area contributed by atoms with Crippen LogP contribution in [-0.4, -0.2) is 42.8 Å². The molecule has 0 saturated carbocycles. The van der Waals surface area contributed by atoms with Crippen LogP contribution in [0.3, 0.4) is 0 Å². The third-order valence-corrected chi connectivity index (χ3v) is 5.30. The Morgan fingerprint density at radius 2 is 2.15 bits per heavy atom. The standard InChI is InChI=1S/C13H16N2O4S/c1-2-19-13(16)15-14-8-7-10-5-3-4-6-11(10)12(14)9-20(15,17)18/h3-6,12H,2,7-9H2,1H3. The molecule has 2 heterocycles. The van der Waals surface area contributed by atoms with Gasteiger partial charge in [0.25, 0.3) is 10.0 Å². The molecule has 1 atom stereocenters. The molecule has 2 aliphatic heterocycles. The highest BCUT2D eigenvalue weighted by Crippen LogP contribution is 2.38. The van der Waals surface area contributed by atoms with Crippen molar-refractivity contribution >= 4 is 16.1 Å². The summed E-state index contributed by atoms with van der Waals surface area (Å²) in [5, 5.41) is 1.61. The third kappa shape index (κ3) is 1.97. The fourth-order valence-corrected chi connectivity index (χ4v) is 4.55. The van der Waals surface area contributed by atoms with Gasteiger partial charge in [0, 0.05) is 6.54 Å². The number of ether oxygens (including phenoxy) is 1. The summed E-state index contributed by atoms with van der Waals surface area (Å²) in [6, 6.07) is 7.47. The van der Waals surface area contributed by atoms with Crippen LogP contribution in [0.4, 0.5) is 4.79 Å². The lowest BCUT2D eigenvalue weighted by Crippen LogP contribution is -2.46. The number of hydrogen-bond donors (Lipinski definition) is 0. The highest BCUT2D eigenvalue weighted by molar-refractivity contribution is 7.89. The Kier molecular flexibility index (Phi) is 3.18. The largest absolute Gasteiger partial charge is 0.448 e. The van der Waals surface area contributed by atoms with Gasteiger partial charge in [-0.15, -0.1) is 4.41 Å². The third-order valence-electron chi connectivity index (χ3n) is 3.67. The molecule has 1 fully saturated rings. The normalized spacial score (nSPS) is 24.1. The van der Waals surface area contributed by atoms with Crippen LogP contribution in [0.1, 0.15) is 24.1 Å². The topological polar surface area (TPSA) is 66.9 Å². The van der Waals surface area contributed by atoms with E-state index in [1.807, 2.05) is 24.3 Å². The van der Waals surface area contributed by atoms with Crippen molar-refractivity contribution in [2.45, 2.75) is 19.4 Å². The molecule has 0 spiro atoms. The van der Waals surface area contributed by atoms with Crippen LogP contribution in [0.25, 0.3) is 0 Å². The maximum Gasteiger partial charge on any atom is 0.438 e. The Hall–Kier alpha value is -1.60. The Balaban J connectivity index is 2.00. The van der Waals surface area contributed by atoms with Gasteiger partial charge in [0.2, 0.25) is 0 Å². The number of sulfonamides is 1. The number of nitrogens with zero attached hydrogens (tertiary/aromatic N) is 2. The zero-order valence-corrected chi connectivity index (χ0v) is 12.0. The molecule has 108 valence electrons. The number of hydrogen-bond acceptors (Lipinski definition) is 5. The average molecular weight is 296 g/mol. The van der Waals surface area contributed by atoms with E-state index in [9.17, 15) is 13.2 Å². The van der Waals surface area contributed by atoms with Gasteiger partial charge >= 0.3 is 6.09 Å². The van der Waals surface area contributed by atoms with Gasteiger partial charge in [-0.25, -0.2) is 13.2 Å². The molecule has 1 aromatic carbocycles. The van der Waals surface area contributed by atoms with Crippen LogP contribution in [0.15, 0.2) is 24.3 Å². The summed E-state index contributed by atoms with van der Waals surface area (Å²) in [4.78, 5) is 11.9. The summed E-state index contributed by atoms with van der Waals surface area (Å²) in [5.74, 6) is -0.0805. The van der Waals surface area contributed by atoms with Crippen molar-refractivity contribution in [1.82, 2.24) is 9.42 Å². The fraction of sp³-hybridized carbons (Fsp3) is 0.462. The molecule has 0 aromatic heterocycles. The molecule has 6 nitrogen and oxygen atoms in total. The molecule has 0 aliphatic carbocycles. The number of benzene rings is 1. The van der Waals surface area contributed by atoms with E-state index < -0.39 is 16.1 Å². The summed E-state index contributed by atoms with van der Waals surface area (Å²) in [7, 11) is -3.65. The minimum absolute atomic E-state index is 0.0805. The zero-order valence-electron chi connectivity index (χ0n) is 11.2. The van der Waals surface area contributed by atoms with Crippen LogP contribution < -0.4 is 0 Å². The van der Waals surface area contributed by atoms with E-state index in [-0.39, 0.29) is 18.4 Å². The van der Waals surface area contributed by atoms with E-state index in [4.69, 9.17) is 4.74 Å². The first kappa shape index (κ1) is 13.4. The summed E-state index contributed by atoms with van der Waals surface area (Å²) in [5.41, 5.74) is 2.13. The number of rotatable bonds is 1. The van der Waals surface area contributed by atoms with Gasteiger partial charge < -0.3 is 4.74 Å². The van der Waals surface area contributed by atoms with E-state index in [0.717, 1.165) is 22.0 Å². The molecule has 0 N–H and O–H groups in total. The molecule has 7 heteroatoms. The lowest BCUT2D eigenvalue weighted by molar-refractivity contribution is 0.0244. The van der Waals surface area contributed by atoms with Crippen LogP contribution >= 0.6 is 0 Å². The maximum atomic E-state index is 12.2. The molecule has 1 aromatic rings. The molecule has 1 saturated heterocycles. The smallest absolute Gasteiger partial charge is 0.438 e. The Labute approximate surface area is 117 Å². The van der Waals surface area contributed by atoms with Gasteiger partial charge in [0.15, 0.2) is 0 Å². The lowest BCUT2D eigenvalue weighted by atomic mass is 9.95. The zero-order chi connectivity index (χ0) is 14.3. The summed E-state index contributed by atoms with van der Waals surface area (Å²) < 4.78 is 30.1. The second kappa shape index (κ2) is 4.75. The molecule has 0 bridgehead atoms. The number of amides is 1. The van der Waals surface area contributed by atoms with Gasteiger partial charge in [-0.1, -0.05) is 24.3 Å². The number of carbonyl (C=O) groups excluding carboxylic acids is 1. The monoisotopic (exact) mass is 296 g/mol. The highest BCUT2D eigenvalue weighted by atomic mass is 32.2. The van der Waals surface area contributed by atoms with E-state index in [1.165, 1.54) is 0 Å². The lowest BCUT2D eigenvalue weighted by Gasteiger charge is -2.33. The first-order chi connectivity index (χ1) is 9.54. The van der Waals surface area contributed by atoms with Crippen LogP contribution in [0, 0.1) is 0 Å². The molecular formula is C13H16N2O4S. The number of carbonyl (C=O) groups is 1.